The monoisotopic (exact) mass is 278 g/mol. The molecule has 20 heavy (non-hydrogen) atoms. The number of nitrogens with two attached hydrogens (primary N) is 1. The molecule has 5 nitrogen and oxygen atoms in total. The first kappa shape index (κ1) is 14.8. The smallest absolute Gasteiger partial charge is 0.257 e. The summed E-state index contributed by atoms with van der Waals surface area (Å²) in [6.07, 6.45) is 2.07. The standard InChI is InChI=1S/C15H22N2O3/c16-9-12-1-3-14(4-2-12)20-11-15(18)17-7-5-13-6-8-19-10-13/h1-4,13H,5-11,16H2,(H,17,18). The Morgan fingerprint density at radius 3 is 2.85 bits per heavy atom. The van der Waals surface area contributed by atoms with E-state index in [0.717, 1.165) is 31.6 Å². The van der Waals surface area contributed by atoms with Crippen molar-refractivity contribution in [3.8, 4) is 5.75 Å². The topological polar surface area (TPSA) is 73.6 Å². The van der Waals surface area contributed by atoms with E-state index in [0.29, 0.717) is 24.8 Å². The molecule has 110 valence electrons. The highest BCUT2D eigenvalue weighted by Gasteiger charge is 2.15. The van der Waals surface area contributed by atoms with Crippen LogP contribution in [0.5, 0.6) is 5.75 Å². The van der Waals surface area contributed by atoms with Crippen molar-refractivity contribution >= 4 is 5.91 Å². The van der Waals surface area contributed by atoms with Crippen LogP contribution >= 0.6 is 0 Å². The predicted molar refractivity (Wildman–Crippen MR) is 76.4 cm³/mol. The molecule has 1 fully saturated rings. The molecule has 1 saturated heterocycles. The van der Waals surface area contributed by atoms with Crippen LogP contribution in [0.25, 0.3) is 0 Å². The fourth-order valence-corrected chi connectivity index (χ4v) is 2.15. The predicted octanol–water partition coefficient (Wildman–Crippen LogP) is 1.07. The SMILES string of the molecule is NCc1ccc(OCC(=O)NCCC2CCOC2)cc1. The van der Waals surface area contributed by atoms with Gasteiger partial charge in [-0.25, -0.2) is 0 Å². The molecule has 3 N–H and O–H groups in total. The Hall–Kier alpha value is -1.59. The van der Waals surface area contributed by atoms with Crippen molar-refractivity contribution in [2.75, 3.05) is 26.4 Å². The van der Waals surface area contributed by atoms with Crippen molar-refractivity contribution in [3.63, 3.8) is 0 Å². The van der Waals surface area contributed by atoms with Gasteiger partial charge in [-0.2, -0.15) is 0 Å². The van der Waals surface area contributed by atoms with Crippen molar-refractivity contribution in [1.82, 2.24) is 5.32 Å². The molecule has 2 rings (SSSR count). The zero-order valence-electron chi connectivity index (χ0n) is 11.6. The number of carbonyl (C=O) groups is 1. The van der Waals surface area contributed by atoms with Gasteiger partial charge in [0.15, 0.2) is 6.61 Å². The molecule has 1 aliphatic heterocycles. The number of hydrogen-bond donors (Lipinski definition) is 2. The molecule has 1 atom stereocenters. The molecular formula is C15H22N2O3. The Labute approximate surface area is 119 Å². The maximum Gasteiger partial charge on any atom is 0.257 e. The molecule has 1 aliphatic rings. The van der Waals surface area contributed by atoms with E-state index in [1.807, 2.05) is 24.3 Å². The lowest BCUT2D eigenvalue weighted by molar-refractivity contribution is -0.123. The highest BCUT2D eigenvalue weighted by Crippen LogP contribution is 2.15. The molecule has 1 aromatic carbocycles. The van der Waals surface area contributed by atoms with Crippen molar-refractivity contribution in [2.24, 2.45) is 11.7 Å². The molecule has 1 aromatic rings. The lowest BCUT2D eigenvalue weighted by Crippen LogP contribution is -2.30. The minimum Gasteiger partial charge on any atom is -0.484 e. The average Bonchev–Trinajstić information content (AvgIpc) is 2.99. The summed E-state index contributed by atoms with van der Waals surface area (Å²) in [5.74, 6) is 1.17. The minimum absolute atomic E-state index is 0.0448. The first-order valence-electron chi connectivity index (χ1n) is 7.04. The van der Waals surface area contributed by atoms with Crippen LogP contribution in [0.4, 0.5) is 0 Å². The quantitative estimate of drug-likeness (QED) is 0.782. The molecule has 0 saturated carbocycles. The van der Waals surface area contributed by atoms with E-state index in [9.17, 15) is 4.79 Å². The highest BCUT2D eigenvalue weighted by atomic mass is 16.5. The van der Waals surface area contributed by atoms with Gasteiger partial charge >= 0.3 is 0 Å². The summed E-state index contributed by atoms with van der Waals surface area (Å²) in [7, 11) is 0. The normalized spacial score (nSPS) is 17.9. The van der Waals surface area contributed by atoms with E-state index in [1.165, 1.54) is 0 Å². The van der Waals surface area contributed by atoms with Crippen molar-refractivity contribution in [1.29, 1.82) is 0 Å². The zero-order chi connectivity index (χ0) is 14.2. The molecule has 0 aliphatic carbocycles. The van der Waals surface area contributed by atoms with Gasteiger partial charge in [-0.3, -0.25) is 4.79 Å². The van der Waals surface area contributed by atoms with Gasteiger partial charge in [0.05, 0.1) is 0 Å². The van der Waals surface area contributed by atoms with Crippen LogP contribution in [0.1, 0.15) is 18.4 Å². The van der Waals surface area contributed by atoms with E-state index in [2.05, 4.69) is 5.32 Å². The lowest BCUT2D eigenvalue weighted by atomic mass is 10.1. The van der Waals surface area contributed by atoms with E-state index in [4.69, 9.17) is 15.2 Å². The summed E-state index contributed by atoms with van der Waals surface area (Å²) in [5.41, 5.74) is 6.56. The number of benzene rings is 1. The van der Waals surface area contributed by atoms with Crippen LogP contribution in [0.2, 0.25) is 0 Å². The van der Waals surface area contributed by atoms with E-state index in [1.54, 1.807) is 0 Å². The summed E-state index contributed by atoms with van der Waals surface area (Å²) < 4.78 is 10.7. The van der Waals surface area contributed by atoms with E-state index >= 15 is 0 Å². The first-order chi connectivity index (χ1) is 9.78. The fraction of sp³-hybridized carbons (Fsp3) is 0.533. The maximum absolute atomic E-state index is 11.6. The number of rotatable bonds is 7. The van der Waals surface area contributed by atoms with Crippen molar-refractivity contribution < 1.29 is 14.3 Å². The van der Waals surface area contributed by atoms with Crippen molar-refractivity contribution in [2.45, 2.75) is 19.4 Å². The largest absolute Gasteiger partial charge is 0.484 e. The number of ether oxygens (including phenoxy) is 2. The van der Waals surface area contributed by atoms with Gasteiger partial charge in [-0.1, -0.05) is 12.1 Å². The Morgan fingerprint density at radius 1 is 1.40 bits per heavy atom. The molecule has 1 heterocycles. The summed E-state index contributed by atoms with van der Waals surface area (Å²) >= 11 is 0. The molecular weight excluding hydrogens is 256 g/mol. The van der Waals surface area contributed by atoms with Crippen LogP contribution < -0.4 is 15.8 Å². The summed E-state index contributed by atoms with van der Waals surface area (Å²) in [5, 5.41) is 2.86. The van der Waals surface area contributed by atoms with Gasteiger partial charge in [0.2, 0.25) is 0 Å². The summed E-state index contributed by atoms with van der Waals surface area (Å²) in [6.45, 7) is 2.90. The minimum atomic E-state index is -0.0909. The second-order valence-electron chi connectivity index (χ2n) is 5.00. The van der Waals surface area contributed by atoms with Crippen LogP contribution in [0.3, 0.4) is 0 Å². The Kier molecular flexibility index (Phi) is 5.83. The Balaban J connectivity index is 1.61. The Morgan fingerprint density at radius 2 is 2.20 bits per heavy atom. The van der Waals surface area contributed by atoms with Gasteiger partial charge in [0, 0.05) is 26.3 Å². The summed E-state index contributed by atoms with van der Waals surface area (Å²) in [6, 6.07) is 7.44. The lowest BCUT2D eigenvalue weighted by Gasteiger charge is -2.10. The molecule has 0 radical (unpaired) electrons. The Bertz CT molecular complexity index is 414. The van der Waals surface area contributed by atoms with Crippen LogP contribution in [0, 0.1) is 5.92 Å². The van der Waals surface area contributed by atoms with Crippen molar-refractivity contribution in [3.05, 3.63) is 29.8 Å². The van der Waals surface area contributed by atoms with Gasteiger partial charge < -0.3 is 20.5 Å². The van der Waals surface area contributed by atoms with Crippen LogP contribution in [-0.2, 0) is 16.1 Å². The molecule has 1 amide bonds. The van der Waals surface area contributed by atoms with E-state index in [-0.39, 0.29) is 12.5 Å². The van der Waals surface area contributed by atoms with Gasteiger partial charge in [-0.05, 0) is 36.5 Å². The average molecular weight is 278 g/mol. The second kappa shape index (κ2) is 7.87. The third kappa shape index (κ3) is 4.83. The third-order valence-corrected chi connectivity index (χ3v) is 3.43. The summed E-state index contributed by atoms with van der Waals surface area (Å²) in [4.78, 5) is 11.6. The van der Waals surface area contributed by atoms with Gasteiger partial charge in [0.25, 0.3) is 5.91 Å². The molecule has 0 bridgehead atoms. The fourth-order valence-electron chi connectivity index (χ4n) is 2.15. The third-order valence-electron chi connectivity index (χ3n) is 3.43. The molecule has 0 aromatic heterocycles. The second-order valence-corrected chi connectivity index (χ2v) is 5.00. The zero-order valence-corrected chi connectivity index (χ0v) is 11.6. The van der Waals surface area contributed by atoms with E-state index < -0.39 is 0 Å². The molecule has 5 heteroatoms. The number of carbonyl (C=O) groups excluding carboxylic acids is 1. The molecule has 0 spiro atoms. The number of amides is 1. The first-order valence-corrected chi connectivity index (χ1v) is 7.04. The molecule has 1 unspecified atom stereocenters. The van der Waals surface area contributed by atoms with Crippen LogP contribution in [-0.4, -0.2) is 32.3 Å². The number of hydrogen-bond acceptors (Lipinski definition) is 4. The van der Waals surface area contributed by atoms with Gasteiger partial charge in [-0.15, -0.1) is 0 Å². The highest BCUT2D eigenvalue weighted by molar-refractivity contribution is 5.77. The number of nitrogens with one attached hydrogen (secondary N) is 1. The van der Waals surface area contributed by atoms with Crippen LogP contribution in [0.15, 0.2) is 24.3 Å². The van der Waals surface area contributed by atoms with Gasteiger partial charge in [0.1, 0.15) is 5.75 Å². The maximum atomic E-state index is 11.6.